The molecule has 0 spiro atoms. The first kappa shape index (κ1) is 10.7. The van der Waals surface area contributed by atoms with Gasteiger partial charge in [0.05, 0.1) is 0 Å². The van der Waals surface area contributed by atoms with Crippen LogP contribution in [0.15, 0.2) is 18.2 Å². The van der Waals surface area contributed by atoms with Gasteiger partial charge in [-0.2, -0.15) is 0 Å². The number of nitrogens with two attached hydrogens (primary N) is 1. The van der Waals surface area contributed by atoms with E-state index in [9.17, 15) is 0 Å². The molecule has 0 atom stereocenters. The monoisotopic (exact) mass is 204 g/mol. The Morgan fingerprint density at radius 3 is 2.87 bits per heavy atom. The number of likely N-dealkylation sites (N-methyl/N-ethyl adjacent to an activating group) is 1. The third kappa shape index (κ3) is 2.58. The van der Waals surface area contributed by atoms with Crippen LogP contribution in [0.4, 0.5) is 0 Å². The average Bonchev–Trinajstić information content (AvgIpc) is 2.72. The van der Waals surface area contributed by atoms with Gasteiger partial charge in [0.2, 0.25) is 0 Å². The summed E-state index contributed by atoms with van der Waals surface area (Å²) in [7, 11) is 2.06. The van der Waals surface area contributed by atoms with Crippen molar-refractivity contribution in [2.75, 3.05) is 20.3 Å². The number of hydrogen-bond acceptors (Lipinski definition) is 2. The molecule has 15 heavy (non-hydrogen) atoms. The maximum atomic E-state index is 5.55. The summed E-state index contributed by atoms with van der Waals surface area (Å²) in [5.74, 6) is 0. The summed E-state index contributed by atoms with van der Waals surface area (Å²) in [6.07, 6.45) is 5.00. The van der Waals surface area contributed by atoms with Gasteiger partial charge >= 0.3 is 0 Å². The predicted molar refractivity (Wildman–Crippen MR) is 63.9 cm³/mol. The lowest BCUT2D eigenvalue weighted by Gasteiger charge is -2.13. The molecule has 0 fully saturated rings. The molecule has 2 nitrogen and oxygen atoms in total. The van der Waals surface area contributed by atoms with Gasteiger partial charge in [0.1, 0.15) is 0 Å². The molecular formula is C13H20N2. The summed E-state index contributed by atoms with van der Waals surface area (Å²) < 4.78 is 0. The van der Waals surface area contributed by atoms with Crippen LogP contribution in [0, 0.1) is 0 Å². The van der Waals surface area contributed by atoms with Crippen molar-refractivity contribution in [1.82, 2.24) is 4.90 Å². The van der Waals surface area contributed by atoms with Gasteiger partial charge in [0.15, 0.2) is 0 Å². The fourth-order valence-corrected chi connectivity index (χ4v) is 2.19. The number of aryl methyl sites for hydroxylation is 2. The second-order valence-electron chi connectivity index (χ2n) is 4.47. The van der Waals surface area contributed by atoms with Crippen LogP contribution >= 0.6 is 0 Å². The van der Waals surface area contributed by atoms with Crippen molar-refractivity contribution >= 4 is 0 Å². The van der Waals surface area contributed by atoms with Crippen molar-refractivity contribution in [1.29, 1.82) is 0 Å². The van der Waals surface area contributed by atoms with E-state index < -0.39 is 0 Å². The Morgan fingerprint density at radius 2 is 2.07 bits per heavy atom. The smallest absolute Gasteiger partial charge is 0.0452 e. The Balaban J connectivity index is 1.98. The highest BCUT2D eigenvalue weighted by Crippen LogP contribution is 2.22. The largest absolute Gasteiger partial charge is 0.318 e. The third-order valence-corrected chi connectivity index (χ3v) is 3.26. The summed E-state index contributed by atoms with van der Waals surface area (Å²) in [6, 6.07) is 6.96. The molecule has 1 aromatic rings. The molecular weight excluding hydrogens is 184 g/mol. The molecule has 0 heterocycles. The van der Waals surface area contributed by atoms with Crippen LogP contribution in [-0.2, 0) is 19.3 Å². The number of benzene rings is 1. The molecule has 1 aromatic carbocycles. The molecule has 82 valence electrons. The van der Waals surface area contributed by atoms with Crippen LogP contribution in [-0.4, -0.2) is 25.2 Å². The summed E-state index contributed by atoms with van der Waals surface area (Å²) in [4.78, 5) is 2.15. The van der Waals surface area contributed by atoms with Gasteiger partial charge in [0.25, 0.3) is 0 Å². The van der Waals surface area contributed by atoms with Crippen molar-refractivity contribution in [3.63, 3.8) is 0 Å². The van der Waals surface area contributed by atoms with Crippen molar-refractivity contribution < 1.29 is 0 Å². The van der Waals surface area contributed by atoms with E-state index >= 15 is 0 Å². The standard InChI is InChI=1S/C13H20N2/c1-15(10-14)8-7-11-5-6-12-3-2-4-13(12)9-11/h5-6,9H,2-4,7-8,10,14H2,1H3. The zero-order chi connectivity index (χ0) is 10.7. The first-order valence-corrected chi connectivity index (χ1v) is 5.79. The summed E-state index contributed by atoms with van der Waals surface area (Å²) in [5, 5.41) is 0. The highest BCUT2D eigenvalue weighted by molar-refractivity contribution is 5.35. The lowest BCUT2D eigenvalue weighted by molar-refractivity contribution is 0.349. The maximum absolute atomic E-state index is 5.55. The van der Waals surface area contributed by atoms with Crippen LogP contribution in [0.2, 0.25) is 0 Å². The first-order chi connectivity index (χ1) is 7.29. The second-order valence-corrected chi connectivity index (χ2v) is 4.47. The molecule has 0 unspecified atom stereocenters. The Bertz CT molecular complexity index is 333. The van der Waals surface area contributed by atoms with Crippen LogP contribution < -0.4 is 5.73 Å². The maximum Gasteiger partial charge on any atom is 0.0452 e. The van der Waals surface area contributed by atoms with E-state index in [1.165, 1.54) is 24.8 Å². The SMILES string of the molecule is CN(CN)CCc1ccc2c(c1)CCC2. The number of fused-ring (bicyclic) bond motifs is 1. The van der Waals surface area contributed by atoms with E-state index in [2.05, 4.69) is 30.1 Å². The minimum atomic E-state index is 0.644. The molecule has 0 saturated heterocycles. The first-order valence-electron chi connectivity index (χ1n) is 5.79. The minimum Gasteiger partial charge on any atom is -0.318 e. The molecule has 0 aromatic heterocycles. The molecule has 0 amide bonds. The van der Waals surface area contributed by atoms with Crippen LogP contribution in [0.3, 0.4) is 0 Å². The van der Waals surface area contributed by atoms with Crippen LogP contribution in [0.1, 0.15) is 23.1 Å². The van der Waals surface area contributed by atoms with Gasteiger partial charge in [-0.05, 0) is 49.4 Å². The zero-order valence-corrected chi connectivity index (χ0v) is 9.50. The summed E-state index contributed by atoms with van der Waals surface area (Å²) >= 11 is 0. The molecule has 0 bridgehead atoms. The molecule has 1 aliphatic carbocycles. The quantitative estimate of drug-likeness (QED) is 0.754. The third-order valence-electron chi connectivity index (χ3n) is 3.26. The van der Waals surface area contributed by atoms with Crippen molar-refractivity contribution in [2.45, 2.75) is 25.7 Å². The van der Waals surface area contributed by atoms with Crippen LogP contribution in [0.25, 0.3) is 0 Å². The van der Waals surface area contributed by atoms with E-state index in [0.29, 0.717) is 6.67 Å². The molecule has 2 heteroatoms. The summed E-state index contributed by atoms with van der Waals surface area (Å²) in [6.45, 7) is 1.69. The average molecular weight is 204 g/mol. The van der Waals surface area contributed by atoms with E-state index in [0.717, 1.165) is 13.0 Å². The lowest BCUT2D eigenvalue weighted by atomic mass is 10.0. The van der Waals surface area contributed by atoms with Crippen molar-refractivity contribution in [3.05, 3.63) is 34.9 Å². The Morgan fingerprint density at radius 1 is 1.27 bits per heavy atom. The number of nitrogens with zero attached hydrogens (tertiary/aromatic N) is 1. The molecule has 2 rings (SSSR count). The van der Waals surface area contributed by atoms with Gasteiger partial charge in [-0.25, -0.2) is 0 Å². The normalized spacial score (nSPS) is 14.6. The predicted octanol–water partition coefficient (Wildman–Crippen LogP) is 1.57. The van der Waals surface area contributed by atoms with E-state index in [1.54, 1.807) is 11.1 Å². The Hall–Kier alpha value is -0.860. The van der Waals surface area contributed by atoms with Gasteiger partial charge in [-0.15, -0.1) is 0 Å². The van der Waals surface area contributed by atoms with Crippen molar-refractivity contribution in [3.8, 4) is 0 Å². The Kier molecular flexibility index (Phi) is 3.39. The molecule has 2 N–H and O–H groups in total. The van der Waals surface area contributed by atoms with E-state index in [4.69, 9.17) is 5.73 Å². The fraction of sp³-hybridized carbons (Fsp3) is 0.538. The lowest BCUT2D eigenvalue weighted by Crippen LogP contribution is -2.27. The second kappa shape index (κ2) is 4.77. The molecule has 1 aliphatic rings. The topological polar surface area (TPSA) is 29.3 Å². The summed E-state index contributed by atoms with van der Waals surface area (Å²) in [5.41, 5.74) is 10.1. The highest BCUT2D eigenvalue weighted by Gasteiger charge is 2.10. The Labute approximate surface area is 92.1 Å². The molecule has 0 aliphatic heterocycles. The number of rotatable bonds is 4. The van der Waals surface area contributed by atoms with Crippen molar-refractivity contribution in [2.24, 2.45) is 5.73 Å². The van der Waals surface area contributed by atoms with E-state index in [1.807, 2.05) is 0 Å². The van der Waals surface area contributed by atoms with E-state index in [-0.39, 0.29) is 0 Å². The van der Waals surface area contributed by atoms with Gasteiger partial charge in [0, 0.05) is 13.2 Å². The van der Waals surface area contributed by atoms with Gasteiger partial charge < -0.3 is 5.73 Å². The molecule has 0 saturated carbocycles. The molecule has 0 radical (unpaired) electrons. The zero-order valence-electron chi connectivity index (χ0n) is 9.50. The minimum absolute atomic E-state index is 0.644. The van der Waals surface area contributed by atoms with Gasteiger partial charge in [-0.1, -0.05) is 18.2 Å². The van der Waals surface area contributed by atoms with Crippen LogP contribution in [0.5, 0.6) is 0 Å². The van der Waals surface area contributed by atoms with Gasteiger partial charge in [-0.3, -0.25) is 4.90 Å². The highest BCUT2D eigenvalue weighted by atomic mass is 15.1. The number of hydrogen-bond donors (Lipinski definition) is 1. The fourth-order valence-electron chi connectivity index (χ4n) is 2.19.